The maximum absolute atomic E-state index is 9.34. The number of ether oxygens (including phenoxy) is 3. The maximum atomic E-state index is 9.34. The minimum atomic E-state index is -0.328. The Hall–Kier alpha value is -1.30. The number of fused-ring (bicyclic) bond motifs is 1. The molecule has 0 saturated carbocycles. The molecule has 1 fully saturated rings. The molecular formula is C13H17NO4. The lowest BCUT2D eigenvalue weighted by atomic mass is 9.71. The van der Waals surface area contributed by atoms with Crippen LogP contribution in [0.15, 0.2) is 12.1 Å². The number of nitrogens with two attached hydrogens (primary N) is 1. The first-order valence-electron chi connectivity index (χ1n) is 6.02. The number of aryl methyl sites for hydroxylation is 1. The van der Waals surface area contributed by atoms with E-state index >= 15 is 0 Å². The quantitative estimate of drug-likeness (QED) is 0.809. The van der Waals surface area contributed by atoms with Crippen LogP contribution in [0.1, 0.15) is 11.1 Å². The Balaban J connectivity index is 2.05. The Morgan fingerprint density at radius 1 is 1.33 bits per heavy atom. The van der Waals surface area contributed by atoms with E-state index in [1.165, 1.54) is 0 Å². The van der Waals surface area contributed by atoms with Gasteiger partial charge in [-0.1, -0.05) is 0 Å². The van der Waals surface area contributed by atoms with Crippen molar-refractivity contribution in [2.45, 2.75) is 18.4 Å². The summed E-state index contributed by atoms with van der Waals surface area (Å²) in [6, 6.07) is 3.60. The summed E-state index contributed by atoms with van der Waals surface area (Å²) in [7, 11) is 0. The van der Waals surface area contributed by atoms with Crippen LogP contribution >= 0.6 is 0 Å². The first-order chi connectivity index (χ1) is 8.67. The molecule has 5 heteroatoms. The molecule has 0 amide bonds. The van der Waals surface area contributed by atoms with Crippen LogP contribution in [-0.4, -0.2) is 37.8 Å². The topological polar surface area (TPSA) is 73.9 Å². The number of aliphatic hydroxyl groups excluding tert-OH is 1. The standard InChI is InChI=1S/C13H17NO4/c1-8-2-10-11(18-7-17-10)3-9(8)13(5-16-6-13)12(14)4-15/h2-3,12,15H,4-7,14H2,1H3. The number of benzene rings is 1. The summed E-state index contributed by atoms with van der Waals surface area (Å²) in [6.07, 6.45) is 0. The van der Waals surface area contributed by atoms with Crippen molar-refractivity contribution < 1.29 is 19.3 Å². The summed E-state index contributed by atoms with van der Waals surface area (Å²) >= 11 is 0. The van der Waals surface area contributed by atoms with Gasteiger partial charge < -0.3 is 25.1 Å². The molecule has 1 aromatic carbocycles. The van der Waals surface area contributed by atoms with Crippen LogP contribution in [0.25, 0.3) is 0 Å². The molecule has 3 N–H and O–H groups in total. The molecule has 18 heavy (non-hydrogen) atoms. The van der Waals surface area contributed by atoms with Gasteiger partial charge in [0.1, 0.15) is 0 Å². The lowest BCUT2D eigenvalue weighted by Gasteiger charge is -2.46. The second-order valence-corrected chi connectivity index (χ2v) is 4.96. The van der Waals surface area contributed by atoms with E-state index in [2.05, 4.69) is 0 Å². The van der Waals surface area contributed by atoms with E-state index in [9.17, 15) is 5.11 Å². The van der Waals surface area contributed by atoms with Crippen LogP contribution in [0.4, 0.5) is 0 Å². The van der Waals surface area contributed by atoms with Gasteiger partial charge in [-0.15, -0.1) is 0 Å². The molecule has 1 atom stereocenters. The van der Waals surface area contributed by atoms with Crippen LogP contribution in [-0.2, 0) is 10.2 Å². The first kappa shape index (κ1) is 11.8. The van der Waals surface area contributed by atoms with Crippen molar-refractivity contribution in [2.75, 3.05) is 26.6 Å². The fraction of sp³-hybridized carbons (Fsp3) is 0.538. The number of aliphatic hydroxyl groups is 1. The molecule has 0 bridgehead atoms. The lowest BCUT2D eigenvalue weighted by molar-refractivity contribution is -0.0801. The molecule has 5 nitrogen and oxygen atoms in total. The Morgan fingerprint density at radius 3 is 2.56 bits per heavy atom. The smallest absolute Gasteiger partial charge is 0.231 e. The van der Waals surface area contributed by atoms with Gasteiger partial charge in [-0.05, 0) is 30.2 Å². The maximum Gasteiger partial charge on any atom is 0.231 e. The SMILES string of the molecule is Cc1cc2c(cc1C1(C(N)CO)COC1)OCO2. The van der Waals surface area contributed by atoms with Gasteiger partial charge in [0.05, 0.1) is 25.2 Å². The summed E-state index contributed by atoms with van der Waals surface area (Å²) in [6.45, 7) is 3.29. The predicted molar refractivity (Wildman–Crippen MR) is 64.9 cm³/mol. The molecule has 98 valence electrons. The molecule has 0 radical (unpaired) electrons. The van der Waals surface area contributed by atoms with E-state index in [0.717, 1.165) is 22.6 Å². The van der Waals surface area contributed by atoms with Crippen LogP contribution in [0.3, 0.4) is 0 Å². The highest BCUT2D eigenvalue weighted by atomic mass is 16.7. The van der Waals surface area contributed by atoms with Crippen LogP contribution in [0, 0.1) is 6.92 Å². The van der Waals surface area contributed by atoms with Crippen molar-refractivity contribution in [3.8, 4) is 11.5 Å². The summed E-state index contributed by atoms with van der Waals surface area (Å²) in [5.74, 6) is 1.51. The summed E-state index contributed by atoms with van der Waals surface area (Å²) in [4.78, 5) is 0. The second kappa shape index (κ2) is 4.12. The molecule has 0 spiro atoms. The van der Waals surface area contributed by atoms with Crippen molar-refractivity contribution in [3.05, 3.63) is 23.3 Å². The molecule has 2 heterocycles. The van der Waals surface area contributed by atoms with Crippen molar-refractivity contribution in [3.63, 3.8) is 0 Å². The van der Waals surface area contributed by atoms with Crippen LogP contribution < -0.4 is 15.2 Å². The summed E-state index contributed by atoms with van der Waals surface area (Å²) in [5.41, 5.74) is 7.92. The molecule has 1 saturated heterocycles. The molecular weight excluding hydrogens is 234 g/mol. The normalized spacial score (nSPS) is 21.5. The van der Waals surface area contributed by atoms with Gasteiger partial charge in [-0.2, -0.15) is 0 Å². The Labute approximate surface area is 105 Å². The zero-order valence-corrected chi connectivity index (χ0v) is 10.3. The monoisotopic (exact) mass is 251 g/mol. The first-order valence-corrected chi connectivity index (χ1v) is 6.02. The van der Waals surface area contributed by atoms with Gasteiger partial charge in [0.15, 0.2) is 11.5 Å². The lowest BCUT2D eigenvalue weighted by Crippen LogP contribution is -2.60. The van der Waals surface area contributed by atoms with Crippen molar-refractivity contribution in [2.24, 2.45) is 5.73 Å². The molecule has 3 rings (SSSR count). The van der Waals surface area contributed by atoms with Crippen molar-refractivity contribution in [1.29, 1.82) is 0 Å². The Kier molecular flexibility index (Phi) is 2.69. The molecule has 2 aliphatic heterocycles. The minimum absolute atomic E-state index is 0.0583. The van der Waals surface area contributed by atoms with Gasteiger partial charge >= 0.3 is 0 Å². The van der Waals surface area contributed by atoms with E-state index in [0.29, 0.717) is 13.2 Å². The van der Waals surface area contributed by atoms with Gasteiger partial charge in [0.2, 0.25) is 6.79 Å². The molecule has 1 unspecified atom stereocenters. The molecule has 0 aliphatic carbocycles. The fourth-order valence-corrected chi connectivity index (χ4v) is 2.65. The van der Waals surface area contributed by atoms with E-state index in [4.69, 9.17) is 19.9 Å². The third-order valence-electron chi connectivity index (χ3n) is 3.88. The van der Waals surface area contributed by atoms with Gasteiger partial charge in [-0.3, -0.25) is 0 Å². The summed E-state index contributed by atoms with van der Waals surface area (Å²) < 4.78 is 16.1. The van der Waals surface area contributed by atoms with Crippen LogP contribution in [0.2, 0.25) is 0 Å². The van der Waals surface area contributed by atoms with Crippen molar-refractivity contribution >= 4 is 0 Å². The van der Waals surface area contributed by atoms with Crippen LogP contribution in [0.5, 0.6) is 11.5 Å². The highest BCUT2D eigenvalue weighted by Gasteiger charge is 2.46. The molecule has 2 aliphatic rings. The third kappa shape index (κ3) is 1.51. The average molecular weight is 251 g/mol. The van der Waals surface area contributed by atoms with Gasteiger partial charge in [-0.25, -0.2) is 0 Å². The molecule has 1 aromatic rings. The highest BCUT2D eigenvalue weighted by Crippen LogP contribution is 2.43. The average Bonchev–Trinajstić information content (AvgIpc) is 2.74. The van der Waals surface area contributed by atoms with Gasteiger partial charge in [0, 0.05) is 6.04 Å². The largest absolute Gasteiger partial charge is 0.454 e. The Bertz CT molecular complexity index is 470. The van der Waals surface area contributed by atoms with Gasteiger partial charge in [0.25, 0.3) is 0 Å². The van der Waals surface area contributed by atoms with E-state index < -0.39 is 0 Å². The minimum Gasteiger partial charge on any atom is -0.454 e. The number of rotatable bonds is 3. The van der Waals surface area contributed by atoms with E-state index in [-0.39, 0.29) is 24.9 Å². The highest BCUT2D eigenvalue weighted by molar-refractivity contribution is 5.52. The van der Waals surface area contributed by atoms with E-state index in [1.807, 2.05) is 19.1 Å². The predicted octanol–water partition coefficient (Wildman–Crippen LogP) is 0.311. The summed E-state index contributed by atoms with van der Waals surface area (Å²) in [5, 5.41) is 9.34. The zero-order valence-electron chi connectivity index (χ0n) is 10.3. The second-order valence-electron chi connectivity index (χ2n) is 4.96. The van der Waals surface area contributed by atoms with E-state index in [1.54, 1.807) is 0 Å². The third-order valence-corrected chi connectivity index (χ3v) is 3.88. The van der Waals surface area contributed by atoms with Crippen molar-refractivity contribution in [1.82, 2.24) is 0 Å². The number of hydrogen-bond acceptors (Lipinski definition) is 5. The Morgan fingerprint density at radius 2 is 2.00 bits per heavy atom. The number of hydrogen-bond donors (Lipinski definition) is 2. The molecule has 0 aromatic heterocycles. The zero-order chi connectivity index (χ0) is 12.8. The fourth-order valence-electron chi connectivity index (χ4n) is 2.65.